The van der Waals surface area contributed by atoms with E-state index in [1.807, 2.05) is 6.92 Å². The zero-order chi connectivity index (χ0) is 16.8. The van der Waals surface area contributed by atoms with Gasteiger partial charge in [-0.1, -0.05) is 13.3 Å². The molecule has 7 heteroatoms. The molecule has 1 fully saturated rings. The molecule has 0 bridgehead atoms. The summed E-state index contributed by atoms with van der Waals surface area (Å²) in [6, 6.07) is 1.49. The molecule has 0 spiro atoms. The van der Waals surface area contributed by atoms with Crippen LogP contribution in [0.15, 0.2) is 17.2 Å². The first-order valence-corrected chi connectivity index (χ1v) is 7.96. The number of ether oxygens (including phenoxy) is 1. The van der Waals surface area contributed by atoms with Crippen LogP contribution in [0.1, 0.15) is 31.9 Å². The zero-order valence-corrected chi connectivity index (χ0v) is 13.7. The van der Waals surface area contributed by atoms with Crippen LogP contribution in [0.3, 0.4) is 0 Å². The Kier molecular flexibility index (Phi) is 5.90. The van der Waals surface area contributed by atoms with Crippen molar-refractivity contribution in [3.8, 4) is 0 Å². The van der Waals surface area contributed by atoms with Gasteiger partial charge in [0.15, 0.2) is 0 Å². The number of rotatable bonds is 5. The van der Waals surface area contributed by atoms with Crippen LogP contribution >= 0.6 is 0 Å². The van der Waals surface area contributed by atoms with E-state index in [-0.39, 0.29) is 29.9 Å². The van der Waals surface area contributed by atoms with Gasteiger partial charge in [-0.15, -0.1) is 0 Å². The third kappa shape index (κ3) is 4.40. The first-order chi connectivity index (χ1) is 11.0. The third-order valence-corrected chi connectivity index (χ3v) is 4.13. The van der Waals surface area contributed by atoms with Crippen LogP contribution in [0.5, 0.6) is 0 Å². The number of likely N-dealkylation sites (tertiary alicyclic amines) is 1. The number of carbonyl (C=O) groups is 2. The zero-order valence-electron chi connectivity index (χ0n) is 13.7. The van der Waals surface area contributed by atoms with E-state index in [4.69, 9.17) is 4.74 Å². The van der Waals surface area contributed by atoms with Crippen LogP contribution in [0, 0.1) is 5.92 Å². The standard InChI is InChI=1S/C16H23N3O4/c1-3-4-13-9-14(20)19(11-17-13)10-15(21)18-7-5-12(6-8-18)16(22)23-2/h9,11-12H,3-8,10H2,1-2H3. The molecule has 1 aromatic rings. The molecule has 0 atom stereocenters. The molecule has 7 nitrogen and oxygen atoms in total. The van der Waals surface area contributed by atoms with E-state index in [0.717, 1.165) is 18.5 Å². The van der Waals surface area contributed by atoms with Crippen molar-refractivity contribution in [2.75, 3.05) is 20.2 Å². The van der Waals surface area contributed by atoms with Crippen molar-refractivity contribution in [3.05, 3.63) is 28.4 Å². The van der Waals surface area contributed by atoms with Crippen molar-refractivity contribution in [1.82, 2.24) is 14.5 Å². The average Bonchev–Trinajstić information content (AvgIpc) is 2.57. The van der Waals surface area contributed by atoms with Crippen molar-refractivity contribution in [2.24, 2.45) is 5.92 Å². The van der Waals surface area contributed by atoms with Crippen molar-refractivity contribution < 1.29 is 14.3 Å². The van der Waals surface area contributed by atoms with Gasteiger partial charge in [-0.25, -0.2) is 4.98 Å². The summed E-state index contributed by atoms with van der Waals surface area (Å²) in [5.41, 5.74) is 0.543. The molecular weight excluding hydrogens is 298 g/mol. The Balaban J connectivity index is 1.93. The highest BCUT2D eigenvalue weighted by molar-refractivity contribution is 5.77. The number of aryl methyl sites for hydroxylation is 1. The van der Waals surface area contributed by atoms with E-state index in [0.29, 0.717) is 25.9 Å². The fraction of sp³-hybridized carbons (Fsp3) is 0.625. The summed E-state index contributed by atoms with van der Waals surface area (Å²) >= 11 is 0. The van der Waals surface area contributed by atoms with Gasteiger partial charge in [-0.2, -0.15) is 0 Å². The second-order valence-electron chi connectivity index (χ2n) is 5.77. The first kappa shape index (κ1) is 17.2. The summed E-state index contributed by atoms with van der Waals surface area (Å²) in [5, 5.41) is 0. The van der Waals surface area contributed by atoms with Gasteiger partial charge in [0.25, 0.3) is 5.56 Å². The molecule has 0 aromatic carbocycles. The van der Waals surface area contributed by atoms with Crippen molar-refractivity contribution in [3.63, 3.8) is 0 Å². The van der Waals surface area contributed by atoms with Crippen LogP contribution < -0.4 is 5.56 Å². The maximum absolute atomic E-state index is 12.3. The first-order valence-electron chi connectivity index (χ1n) is 7.96. The van der Waals surface area contributed by atoms with E-state index in [2.05, 4.69) is 4.98 Å². The van der Waals surface area contributed by atoms with Gasteiger partial charge in [0, 0.05) is 24.8 Å². The number of hydrogen-bond acceptors (Lipinski definition) is 5. The highest BCUT2D eigenvalue weighted by Crippen LogP contribution is 2.18. The van der Waals surface area contributed by atoms with Crippen molar-refractivity contribution >= 4 is 11.9 Å². The molecule has 1 aromatic heterocycles. The molecule has 1 aliphatic heterocycles. The maximum atomic E-state index is 12.3. The van der Waals surface area contributed by atoms with Crippen molar-refractivity contribution in [2.45, 2.75) is 39.2 Å². The summed E-state index contributed by atoms with van der Waals surface area (Å²) in [4.78, 5) is 41.7. The molecule has 1 amide bonds. The van der Waals surface area contributed by atoms with E-state index < -0.39 is 0 Å². The Bertz CT molecular complexity index is 618. The molecule has 2 rings (SSSR count). The molecule has 1 saturated heterocycles. The molecule has 2 heterocycles. The third-order valence-electron chi connectivity index (χ3n) is 4.13. The van der Waals surface area contributed by atoms with Crippen LogP contribution in [0.25, 0.3) is 0 Å². The molecule has 0 N–H and O–H groups in total. The highest BCUT2D eigenvalue weighted by atomic mass is 16.5. The minimum atomic E-state index is -0.218. The molecular formula is C16H23N3O4. The largest absolute Gasteiger partial charge is 0.469 e. The summed E-state index contributed by atoms with van der Waals surface area (Å²) in [5.74, 6) is -0.480. The number of hydrogen-bond donors (Lipinski definition) is 0. The number of methoxy groups -OCH3 is 1. The predicted octanol–water partition coefficient (Wildman–Crippen LogP) is 0.607. The lowest BCUT2D eigenvalue weighted by Crippen LogP contribution is -2.43. The molecule has 1 aliphatic rings. The van der Waals surface area contributed by atoms with E-state index >= 15 is 0 Å². The van der Waals surface area contributed by atoms with Gasteiger partial charge in [-0.05, 0) is 19.3 Å². The number of amides is 1. The van der Waals surface area contributed by atoms with Crippen LogP contribution in [-0.2, 0) is 27.3 Å². The summed E-state index contributed by atoms with van der Waals surface area (Å²) < 4.78 is 6.06. The minimum Gasteiger partial charge on any atom is -0.469 e. The van der Waals surface area contributed by atoms with Gasteiger partial charge in [-0.3, -0.25) is 19.0 Å². The molecule has 0 aliphatic carbocycles. The summed E-state index contributed by atoms with van der Waals surface area (Å²) in [7, 11) is 1.38. The fourth-order valence-corrected chi connectivity index (χ4v) is 2.75. The van der Waals surface area contributed by atoms with Crippen LogP contribution in [0.4, 0.5) is 0 Å². The second-order valence-corrected chi connectivity index (χ2v) is 5.77. The Labute approximate surface area is 135 Å². The normalized spacial score (nSPS) is 15.5. The van der Waals surface area contributed by atoms with Crippen LogP contribution in [0.2, 0.25) is 0 Å². The minimum absolute atomic E-state index is 0.0128. The lowest BCUT2D eigenvalue weighted by molar-refractivity contribution is -0.149. The average molecular weight is 321 g/mol. The Morgan fingerprint density at radius 1 is 1.35 bits per heavy atom. The number of aromatic nitrogens is 2. The lowest BCUT2D eigenvalue weighted by Gasteiger charge is -2.30. The Hall–Kier alpha value is -2.18. The van der Waals surface area contributed by atoms with Crippen LogP contribution in [-0.4, -0.2) is 46.5 Å². The lowest BCUT2D eigenvalue weighted by atomic mass is 9.97. The predicted molar refractivity (Wildman–Crippen MR) is 83.8 cm³/mol. The smallest absolute Gasteiger partial charge is 0.308 e. The topological polar surface area (TPSA) is 81.5 Å². The van der Waals surface area contributed by atoms with Gasteiger partial charge < -0.3 is 9.64 Å². The Morgan fingerprint density at radius 3 is 2.61 bits per heavy atom. The number of esters is 1. The Morgan fingerprint density at radius 2 is 2.04 bits per heavy atom. The summed E-state index contributed by atoms with van der Waals surface area (Å²) in [6.07, 6.45) is 4.31. The van der Waals surface area contributed by atoms with Gasteiger partial charge in [0.2, 0.25) is 5.91 Å². The number of nitrogens with zero attached hydrogens (tertiary/aromatic N) is 3. The monoisotopic (exact) mass is 321 g/mol. The summed E-state index contributed by atoms with van der Waals surface area (Å²) in [6.45, 7) is 3.03. The molecule has 23 heavy (non-hydrogen) atoms. The molecule has 0 unspecified atom stereocenters. The van der Waals surface area contributed by atoms with E-state index in [1.54, 1.807) is 4.90 Å². The number of carbonyl (C=O) groups excluding carboxylic acids is 2. The molecule has 0 saturated carbocycles. The van der Waals surface area contributed by atoms with Crippen molar-refractivity contribution in [1.29, 1.82) is 0 Å². The van der Waals surface area contributed by atoms with Gasteiger partial charge in [0.1, 0.15) is 6.54 Å². The van der Waals surface area contributed by atoms with Gasteiger partial charge in [0.05, 0.1) is 19.4 Å². The maximum Gasteiger partial charge on any atom is 0.308 e. The quantitative estimate of drug-likeness (QED) is 0.742. The molecule has 0 radical (unpaired) electrons. The van der Waals surface area contributed by atoms with E-state index in [1.165, 1.54) is 24.1 Å². The second kappa shape index (κ2) is 7.89. The highest BCUT2D eigenvalue weighted by Gasteiger charge is 2.27. The number of piperidine rings is 1. The SMILES string of the molecule is CCCc1cc(=O)n(CC(=O)N2CCC(C(=O)OC)CC2)cn1. The van der Waals surface area contributed by atoms with E-state index in [9.17, 15) is 14.4 Å². The molecule has 126 valence electrons. The fourth-order valence-electron chi connectivity index (χ4n) is 2.75. The van der Waals surface area contributed by atoms with Gasteiger partial charge >= 0.3 is 5.97 Å².